The summed E-state index contributed by atoms with van der Waals surface area (Å²) in [6.45, 7) is 4.03. The van der Waals surface area contributed by atoms with Crippen LogP contribution < -0.4 is 20.7 Å². The molecule has 0 unspecified atom stereocenters. The predicted octanol–water partition coefficient (Wildman–Crippen LogP) is 2.13. The molecule has 28 heavy (non-hydrogen) atoms. The Labute approximate surface area is 164 Å². The van der Waals surface area contributed by atoms with Gasteiger partial charge >= 0.3 is 0 Å². The zero-order valence-electron chi connectivity index (χ0n) is 16.1. The van der Waals surface area contributed by atoms with Gasteiger partial charge in [0.25, 0.3) is 5.91 Å². The van der Waals surface area contributed by atoms with Crippen LogP contribution in [-0.4, -0.2) is 37.4 Å². The summed E-state index contributed by atoms with van der Waals surface area (Å²) in [4.78, 5) is 35.9. The van der Waals surface area contributed by atoms with Crippen LogP contribution in [0.1, 0.15) is 29.8 Å². The zero-order chi connectivity index (χ0) is 20.4. The van der Waals surface area contributed by atoms with Gasteiger partial charge in [-0.3, -0.25) is 14.4 Å². The summed E-state index contributed by atoms with van der Waals surface area (Å²) in [5.41, 5.74) is 2.17. The number of para-hydroxylation sites is 1. The van der Waals surface area contributed by atoms with Crippen LogP contribution in [0.2, 0.25) is 0 Å². The van der Waals surface area contributed by atoms with E-state index in [0.717, 1.165) is 17.7 Å². The maximum atomic E-state index is 12.1. The fourth-order valence-corrected chi connectivity index (χ4v) is 2.52. The molecule has 0 atom stereocenters. The first kappa shape index (κ1) is 21.0. The smallest absolute Gasteiger partial charge is 0.251 e. The lowest BCUT2D eigenvalue weighted by atomic mass is 10.1. The van der Waals surface area contributed by atoms with Gasteiger partial charge in [-0.1, -0.05) is 25.1 Å². The molecule has 2 aromatic carbocycles. The SMILES string of the molecule is CCOc1ccc(C(=O)NCC(=O)NCC(=O)Nc2ccccc2CC)cc1. The minimum Gasteiger partial charge on any atom is -0.494 e. The highest BCUT2D eigenvalue weighted by molar-refractivity contribution is 5.98. The molecule has 0 saturated heterocycles. The number of carbonyl (C=O) groups is 3. The van der Waals surface area contributed by atoms with E-state index in [0.29, 0.717) is 17.9 Å². The van der Waals surface area contributed by atoms with Crippen LogP contribution in [0.5, 0.6) is 5.75 Å². The summed E-state index contributed by atoms with van der Waals surface area (Å²) >= 11 is 0. The Balaban J connectivity index is 1.74. The molecule has 0 aliphatic rings. The van der Waals surface area contributed by atoms with E-state index >= 15 is 0 Å². The standard InChI is InChI=1S/C21H25N3O4/c1-3-15-7-5-6-8-18(15)24-20(26)14-22-19(25)13-23-21(27)16-9-11-17(12-10-16)28-4-2/h5-12H,3-4,13-14H2,1-2H3,(H,22,25)(H,23,27)(H,24,26). The van der Waals surface area contributed by atoms with Crippen LogP contribution in [0.4, 0.5) is 5.69 Å². The predicted molar refractivity (Wildman–Crippen MR) is 107 cm³/mol. The first-order valence-corrected chi connectivity index (χ1v) is 9.19. The van der Waals surface area contributed by atoms with Gasteiger partial charge in [0.2, 0.25) is 11.8 Å². The number of aryl methyl sites for hydroxylation is 1. The van der Waals surface area contributed by atoms with Gasteiger partial charge in [0.05, 0.1) is 19.7 Å². The second kappa shape index (κ2) is 10.7. The third-order valence-corrected chi connectivity index (χ3v) is 3.96. The molecule has 2 rings (SSSR count). The first-order valence-electron chi connectivity index (χ1n) is 9.19. The summed E-state index contributed by atoms with van der Waals surface area (Å²) in [6.07, 6.45) is 0.792. The van der Waals surface area contributed by atoms with Gasteiger partial charge < -0.3 is 20.7 Å². The van der Waals surface area contributed by atoms with Crippen molar-refractivity contribution in [3.63, 3.8) is 0 Å². The Bertz CT molecular complexity index is 819. The van der Waals surface area contributed by atoms with Crippen molar-refractivity contribution >= 4 is 23.4 Å². The van der Waals surface area contributed by atoms with Crippen molar-refractivity contribution < 1.29 is 19.1 Å². The van der Waals surface area contributed by atoms with Crippen LogP contribution >= 0.6 is 0 Å². The minimum atomic E-state index is -0.446. The number of benzene rings is 2. The Morgan fingerprint density at radius 3 is 2.21 bits per heavy atom. The molecule has 3 amide bonds. The summed E-state index contributed by atoms with van der Waals surface area (Å²) in [5, 5.41) is 7.78. The third kappa shape index (κ3) is 6.42. The second-order valence-corrected chi connectivity index (χ2v) is 5.98. The van der Waals surface area contributed by atoms with Gasteiger partial charge in [0.1, 0.15) is 5.75 Å². The quantitative estimate of drug-likeness (QED) is 0.618. The minimum absolute atomic E-state index is 0.171. The molecular formula is C21H25N3O4. The third-order valence-electron chi connectivity index (χ3n) is 3.96. The lowest BCUT2D eigenvalue weighted by molar-refractivity contribution is -0.123. The number of hydrogen-bond acceptors (Lipinski definition) is 4. The molecule has 7 heteroatoms. The van der Waals surface area contributed by atoms with Crippen molar-refractivity contribution in [3.8, 4) is 5.75 Å². The van der Waals surface area contributed by atoms with Gasteiger partial charge in [-0.25, -0.2) is 0 Å². The van der Waals surface area contributed by atoms with Crippen LogP contribution in [0, 0.1) is 0 Å². The van der Waals surface area contributed by atoms with Gasteiger partial charge in [-0.05, 0) is 49.2 Å². The molecule has 0 bridgehead atoms. The Morgan fingerprint density at radius 2 is 1.54 bits per heavy atom. The highest BCUT2D eigenvalue weighted by atomic mass is 16.5. The molecule has 148 valence electrons. The molecule has 0 radical (unpaired) electrons. The maximum absolute atomic E-state index is 12.1. The molecule has 0 aromatic heterocycles. The summed E-state index contributed by atoms with van der Waals surface area (Å²) < 4.78 is 5.32. The Morgan fingerprint density at radius 1 is 0.857 bits per heavy atom. The van der Waals surface area contributed by atoms with Gasteiger partial charge in [0.15, 0.2) is 0 Å². The van der Waals surface area contributed by atoms with Crippen LogP contribution in [0.15, 0.2) is 48.5 Å². The van der Waals surface area contributed by atoms with Crippen LogP contribution in [-0.2, 0) is 16.0 Å². The molecule has 2 aromatic rings. The maximum Gasteiger partial charge on any atom is 0.251 e. The van der Waals surface area contributed by atoms with Crippen molar-refractivity contribution in [2.75, 3.05) is 25.0 Å². The molecule has 3 N–H and O–H groups in total. The van der Waals surface area contributed by atoms with E-state index in [4.69, 9.17) is 4.74 Å². The lowest BCUT2D eigenvalue weighted by Crippen LogP contribution is -2.40. The van der Waals surface area contributed by atoms with Crippen molar-refractivity contribution in [1.29, 1.82) is 0 Å². The fraction of sp³-hybridized carbons (Fsp3) is 0.286. The highest BCUT2D eigenvalue weighted by Gasteiger charge is 2.10. The molecule has 0 saturated carbocycles. The van der Waals surface area contributed by atoms with E-state index in [1.54, 1.807) is 24.3 Å². The molecule has 0 aliphatic heterocycles. The number of rotatable bonds is 9. The zero-order valence-corrected chi connectivity index (χ0v) is 16.1. The van der Waals surface area contributed by atoms with E-state index in [2.05, 4.69) is 16.0 Å². The fourth-order valence-electron chi connectivity index (χ4n) is 2.52. The summed E-state index contributed by atoms with van der Waals surface area (Å²) in [7, 11) is 0. The number of carbonyl (C=O) groups excluding carboxylic acids is 3. The monoisotopic (exact) mass is 383 g/mol. The van der Waals surface area contributed by atoms with Crippen LogP contribution in [0.25, 0.3) is 0 Å². The molecule has 7 nitrogen and oxygen atoms in total. The molecule has 0 spiro atoms. The number of anilines is 1. The van der Waals surface area contributed by atoms with E-state index in [1.165, 1.54) is 0 Å². The molecule has 0 heterocycles. The number of amides is 3. The van der Waals surface area contributed by atoms with E-state index < -0.39 is 5.91 Å². The molecule has 0 aliphatic carbocycles. The first-order chi connectivity index (χ1) is 13.5. The van der Waals surface area contributed by atoms with Crippen molar-refractivity contribution in [2.45, 2.75) is 20.3 Å². The average Bonchev–Trinajstić information content (AvgIpc) is 2.71. The second-order valence-electron chi connectivity index (χ2n) is 5.98. The van der Waals surface area contributed by atoms with E-state index in [-0.39, 0.29) is 24.9 Å². The number of ether oxygens (including phenoxy) is 1. The molecule has 0 fully saturated rings. The van der Waals surface area contributed by atoms with E-state index in [1.807, 2.05) is 38.1 Å². The largest absolute Gasteiger partial charge is 0.494 e. The molecular weight excluding hydrogens is 358 g/mol. The van der Waals surface area contributed by atoms with Crippen molar-refractivity contribution in [3.05, 3.63) is 59.7 Å². The Hall–Kier alpha value is -3.35. The van der Waals surface area contributed by atoms with Crippen molar-refractivity contribution in [2.24, 2.45) is 0 Å². The van der Waals surface area contributed by atoms with Gasteiger partial charge in [-0.15, -0.1) is 0 Å². The number of nitrogens with one attached hydrogen (secondary N) is 3. The average molecular weight is 383 g/mol. The Kier molecular flexibility index (Phi) is 8.02. The van der Waals surface area contributed by atoms with Crippen molar-refractivity contribution in [1.82, 2.24) is 10.6 Å². The lowest BCUT2D eigenvalue weighted by Gasteiger charge is -2.11. The van der Waals surface area contributed by atoms with Gasteiger partial charge in [0, 0.05) is 11.3 Å². The van der Waals surface area contributed by atoms with Gasteiger partial charge in [-0.2, -0.15) is 0 Å². The number of hydrogen-bond donors (Lipinski definition) is 3. The highest BCUT2D eigenvalue weighted by Crippen LogP contribution is 2.15. The normalized spacial score (nSPS) is 10.1. The summed E-state index contributed by atoms with van der Waals surface area (Å²) in [6, 6.07) is 14.1. The van der Waals surface area contributed by atoms with E-state index in [9.17, 15) is 14.4 Å². The topological polar surface area (TPSA) is 96.5 Å². The van der Waals surface area contributed by atoms with Crippen LogP contribution in [0.3, 0.4) is 0 Å². The summed E-state index contributed by atoms with van der Waals surface area (Å²) in [5.74, 6) is -0.475.